The summed E-state index contributed by atoms with van der Waals surface area (Å²) in [7, 11) is -4.10. The van der Waals surface area contributed by atoms with Gasteiger partial charge in [0.05, 0.1) is 9.79 Å². The maximum absolute atomic E-state index is 12.8. The summed E-state index contributed by atoms with van der Waals surface area (Å²) in [6.07, 6.45) is 1.65. The van der Waals surface area contributed by atoms with E-state index >= 15 is 0 Å². The standard InChI is InChI=1S/C14H23N3O4S2/c1-11-9-13(6-7-14(11)22(18,19)16-3)23(20,21)17-8-4-5-12(17)10-15-2/h6-7,9,12,15-16H,4-5,8,10H2,1-3H3. The van der Waals surface area contributed by atoms with E-state index in [9.17, 15) is 16.8 Å². The van der Waals surface area contributed by atoms with Gasteiger partial charge in [-0.1, -0.05) is 0 Å². The largest absolute Gasteiger partial charge is 0.318 e. The topological polar surface area (TPSA) is 95.6 Å². The highest BCUT2D eigenvalue weighted by Crippen LogP contribution is 2.27. The molecule has 1 aromatic rings. The summed E-state index contributed by atoms with van der Waals surface area (Å²) in [5, 5.41) is 3.02. The lowest BCUT2D eigenvalue weighted by Gasteiger charge is -2.24. The van der Waals surface area contributed by atoms with Crippen LogP contribution in [0.4, 0.5) is 0 Å². The van der Waals surface area contributed by atoms with Gasteiger partial charge in [-0.3, -0.25) is 0 Å². The lowest BCUT2D eigenvalue weighted by molar-refractivity contribution is 0.379. The second kappa shape index (κ2) is 6.86. The molecule has 1 heterocycles. The van der Waals surface area contributed by atoms with E-state index in [1.807, 2.05) is 0 Å². The summed E-state index contributed by atoms with van der Waals surface area (Å²) in [6.45, 7) is 2.69. The number of rotatable bonds is 6. The van der Waals surface area contributed by atoms with Gasteiger partial charge in [-0.25, -0.2) is 21.6 Å². The second-order valence-corrected chi connectivity index (χ2v) is 9.35. The van der Waals surface area contributed by atoms with Crippen LogP contribution in [0, 0.1) is 6.92 Å². The third kappa shape index (κ3) is 3.58. The number of hydrogen-bond donors (Lipinski definition) is 2. The highest BCUT2D eigenvalue weighted by atomic mass is 32.2. The molecule has 0 radical (unpaired) electrons. The third-order valence-electron chi connectivity index (χ3n) is 4.07. The van der Waals surface area contributed by atoms with E-state index in [0.717, 1.165) is 12.8 Å². The molecule has 23 heavy (non-hydrogen) atoms. The number of nitrogens with zero attached hydrogens (tertiary/aromatic N) is 1. The average molecular weight is 361 g/mol. The zero-order valence-electron chi connectivity index (χ0n) is 13.5. The average Bonchev–Trinajstić information content (AvgIpc) is 2.96. The van der Waals surface area contributed by atoms with E-state index in [1.165, 1.54) is 29.6 Å². The fourth-order valence-corrected chi connectivity index (χ4v) is 5.62. The van der Waals surface area contributed by atoms with Gasteiger partial charge in [-0.05, 0) is 57.6 Å². The Morgan fingerprint density at radius 2 is 1.91 bits per heavy atom. The highest BCUT2D eigenvalue weighted by molar-refractivity contribution is 7.89. The van der Waals surface area contributed by atoms with Gasteiger partial charge in [0.25, 0.3) is 0 Å². The minimum absolute atomic E-state index is 0.0639. The van der Waals surface area contributed by atoms with Crippen LogP contribution in [0.1, 0.15) is 18.4 Å². The summed E-state index contributed by atoms with van der Waals surface area (Å²) in [5.41, 5.74) is 0.407. The third-order valence-corrected chi connectivity index (χ3v) is 7.60. The van der Waals surface area contributed by atoms with Crippen LogP contribution in [0.2, 0.25) is 0 Å². The van der Waals surface area contributed by atoms with Gasteiger partial charge in [-0.2, -0.15) is 4.31 Å². The van der Waals surface area contributed by atoms with Gasteiger partial charge in [0.15, 0.2) is 0 Å². The van der Waals surface area contributed by atoms with Crippen molar-refractivity contribution in [1.82, 2.24) is 14.3 Å². The second-order valence-electron chi connectivity index (χ2n) is 5.60. The first-order valence-corrected chi connectivity index (χ1v) is 10.4. The number of sulfonamides is 2. The lowest BCUT2D eigenvalue weighted by atomic mass is 10.2. The molecule has 9 heteroatoms. The van der Waals surface area contributed by atoms with Crippen molar-refractivity contribution in [1.29, 1.82) is 0 Å². The van der Waals surface area contributed by atoms with Crippen molar-refractivity contribution in [2.75, 3.05) is 27.2 Å². The molecule has 7 nitrogen and oxygen atoms in total. The lowest BCUT2D eigenvalue weighted by Crippen LogP contribution is -2.40. The van der Waals surface area contributed by atoms with E-state index in [4.69, 9.17) is 0 Å². The molecule has 1 aromatic carbocycles. The Balaban J connectivity index is 2.40. The van der Waals surface area contributed by atoms with Crippen LogP contribution in [0.5, 0.6) is 0 Å². The molecule has 0 amide bonds. The van der Waals surface area contributed by atoms with Gasteiger partial charge in [0.1, 0.15) is 0 Å². The molecule has 1 saturated heterocycles. The molecular formula is C14H23N3O4S2. The van der Waals surface area contributed by atoms with Gasteiger partial charge in [0.2, 0.25) is 20.0 Å². The van der Waals surface area contributed by atoms with E-state index in [2.05, 4.69) is 10.0 Å². The number of aryl methyl sites for hydroxylation is 1. The Hall–Kier alpha value is -1.00. The summed E-state index contributed by atoms with van der Waals surface area (Å²) < 4.78 is 53.2. The Morgan fingerprint density at radius 1 is 1.22 bits per heavy atom. The van der Waals surface area contributed by atoms with E-state index in [0.29, 0.717) is 18.7 Å². The zero-order chi connectivity index (χ0) is 17.3. The van der Waals surface area contributed by atoms with Crippen LogP contribution < -0.4 is 10.0 Å². The molecule has 130 valence electrons. The Morgan fingerprint density at radius 3 is 2.48 bits per heavy atom. The van der Waals surface area contributed by atoms with E-state index in [1.54, 1.807) is 14.0 Å². The quantitative estimate of drug-likeness (QED) is 0.759. The van der Waals surface area contributed by atoms with Gasteiger partial charge in [-0.15, -0.1) is 0 Å². The number of benzene rings is 1. The smallest absolute Gasteiger partial charge is 0.243 e. The van der Waals surface area contributed by atoms with Crippen LogP contribution in [0.15, 0.2) is 28.0 Å². The van der Waals surface area contributed by atoms with E-state index < -0.39 is 20.0 Å². The summed E-state index contributed by atoms with van der Waals surface area (Å²) in [6, 6.07) is 4.07. The molecule has 0 bridgehead atoms. The zero-order valence-corrected chi connectivity index (χ0v) is 15.2. The molecule has 1 fully saturated rings. The van der Waals surface area contributed by atoms with Crippen molar-refractivity contribution in [2.24, 2.45) is 0 Å². The molecule has 1 atom stereocenters. The van der Waals surface area contributed by atoms with Crippen LogP contribution in [-0.4, -0.2) is 54.4 Å². The maximum Gasteiger partial charge on any atom is 0.243 e. The molecule has 0 aromatic heterocycles. The monoisotopic (exact) mass is 361 g/mol. The minimum atomic E-state index is -3.62. The van der Waals surface area contributed by atoms with Crippen molar-refractivity contribution in [3.8, 4) is 0 Å². The predicted octanol–water partition coefficient (Wildman–Crippen LogP) is 0.276. The normalized spacial score (nSPS) is 20.0. The van der Waals surface area contributed by atoms with Crippen molar-refractivity contribution in [3.63, 3.8) is 0 Å². The molecule has 2 rings (SSSR count). The SMILES string of the molecule is CNCC1CCCN1S(=O)(=O)c1ccc(S(=O)(=O)NC)c(C)c1. The molecule has 0 spiro atoms. The molecular weight excluding hydrogens is 338 g/mol. The van der Waals surface area contributed by atoms with Crippen LogP contribution in [0.3, 0.4) is 0 Å². The molecule has 1 aliphatic rings. The Labute approximate surface area is 138 Å². The first kappa shape index (κ1) is 18.3. The van der Waals surface area contributed by atoms with Crippen molar-refractivity contribution < 1.29 is 16.8 Å². The highest BCUT2D eigenvalue weighted by Gasteiger charge is 2.35. The first-order chi connectivity index (χ1) is 10.7. The number of hydrogen-bond acceptors (Lipinski definition) is 5. The molecule has 0 aliphatic carbocycles. The Bertz CT molecular complexity index is 775. The molecule has 1 aliphatic heterocycles. The van der Waals surface area contributed by atoms with Gasteiger partial charge >= 0.3 is 0 Å². The fraction of sp³-hybridized carbons (Fsp3) is 0.571. The number of nitrogens with one attached hydrogen (secondary N) is 2. The number of likely N-dealkylation sites (N-methyl/N-ethyl adjacent to an activating group) is 1. The van der Waals surface area contributed by atoms with Crippen molar-refractivity contribution >= 4 is 20.0 Å². The van der Waals surface area contributed by atoms with Crippen LogP contribution in [-0.2, 0) is 20.0 Å². The summed E-state index contributed by atoms with van der Waals surface area (Å²) in [4.78, 5) is 0.222. The van der Waals surface area contributed by atoms with E-state index in [-0.39, 0.29) is 15.8 Å². The fourth-order valence-electron chi connectivity index (χ4n) is 2.89. The first-order valence-electron chi connectivity index (χ1n) is 7.44. The molecule has 1 unspecified atom stereocenters. The van der Waals surface area contributed by atoms with Crippen molar-refractivity contribution in [2.45, 2.75) is 35.6 Å². The van der Waals surface area contributed by atoms with Crippen molar-refractivity contribution in [3.05, 3.63) is 23.8 Å². The predicted molar refractivity (Wildman–Crippen MR) is 88.3 cm³/mol. The summed E-state index contributed by atoms with van der Waals surface area (Å²) >= 11 is 0. The van der Waals surface area contributed by atoms with Crippen LogP contribution >= 0.6 is 0 Å². The van der Waals surface area contributed by atoms with Gasteiger partial charge in [0, 0.05) is 19.1 Å². The maximum atomic E-state index is 12.8. The molecule has 2 N–H and O–H groups in total. The molecule has 0 saturated carbocycles. The minimum Gasteiger partial charge on any atom is -0.318 e. The Kier molecular flexibility index (Phi) is 5.47. The summed E-state index contributed by atoms with van der Waals surface area (Å²) in [5.74, 6) is 0. The van der Waals surface area contributed by atoms with Gasteiger partial charge < -0.3 is 5.32 Å². The van der Waals surface area contributed by atoms with Crippen LogP contribution in [0.25, 0.3) is 0 Å².